The summed E-state index contributed by atoms with van der Waals surface area (Å²) in [7, 11) is 3.09. The molecule has 1 aliphatic rings. The molecule has 0 radical (unpaired) electrons. The van der Waals surface area contributed by atoms with Crippen molar-refractivity contribution >= 4 is 11.9 Å². The number of carbonyl (C=O) groups is 2. The number of furan rings is 1. The number of esters is 1. The molecule has 1 aromatic heterocycles. The molecule has 1 amide bonds. The largest absolute Gasteiger partial charge is 0.465 e. The SMILES string of the molecule is COC(=O)c1cc(CN(C)C(=O)CN2CCN(Cc3ccccc3)CC2)oc1C. The summed E-state index contributed by atoms with van der Waals surface area (Å²) in [6.07, 6.45) is 0. The Morgan fingerprint density at radius 3 is 2.41 bits per heavy atom. The maximum Gasteiger partial charge on any atom is 0.341 e. The molecular formula is C22H29N3O4. The quantitative estimate of drug-likeness (QED) is 0.665. The first kappa shape index (κ1) is 21.1. The van der Waals surface area contributed by atoms with Crippen LogP contribution in [0.2, 0.25) is 0 Å². The number of rotatable bonds is 7. The highest BCUT2D eigenvalue weighted by Gasteiger charge is 2.22. The molecule has 1 saturated heterocycles. The second-order valence-electron chi connectivity index (χ2n) is 7.46. The van der Waals surface area contributed by atoms with Crippen LogP contribution < -0.4 is 0 Å². The number of nitrogens with zero attached hydrogens (tertiary/aromatic N) is 3. The van der Waals surface area contributed by atoms with E-state index in [2.05, 4.69) is 34.1 Å². The van der Waals surface area contributed by atoms with Crippen LogP contribution in [0.25, 0.3) is 0 Å². The van der Waals surface area contributed by atoms with Crippen molar-refractivity contribution in [2.45, 2.75) is 20.0 Å². The molecular weight excluding hydrogens is 370 g/mol. The number of ether oxygens (including phenoxy) is 1. The van der Waals surface area contributed by atoms with Gasteiger partial charge in [0.05, 0.1) is 20.2 Å². The molecule has 1 aliphatic heterocycles. The summed E-state index contributed by atoms with van der Waals surface area (Å²) < 4.78 is 10.3. The summed E-state index contributed by atoms with van der Waals surface area (Å²) >= 11 is 0. The van der Waals surface area contributed by atoms with E-state index in [1.54, 1.807) is 24.9 Å². The van der Waals surface area contributed by atoms with Gasteiger partial charge in [0.1, 0.15) is 17.1 Å². The molecule has 2 aromatic rings. The first-order chi connectivity index (χ1) is 14.0. The van der Waals surface area contributed by atoms with Crippen molar-refractivity contribution in [3.63, 3.8) is 0 Å². The van der Waals surface area contributed by atoms with E-state index in [0.717, 1.165) is 32.7 Å². The minimum atomic E-state index is -0.431. The van der Waals surface area contributed by atoms with Gasteiger partial charge < -0.3 is 14.1 Å². The van der Waals surface area contributed by atoms with Crippen LogP contribution in [0, 0.1) is 6.92 Å². The molecule has 0 bridgehead atoms. The number of hydrogen-bond acceptors (Lipinski definition) is 6. The van der Waals surface area contributed by atoms with Gasteiger partial charge in [-0.1, -0.05) is 30.3 Å². The van der Waals surface area contributed by atoms with Crippen LogP contribution >= 0.6 is 0 Å². The monoisotopic (exact) mass is 399 g/mol. The van der Waals surface area contributed by atoms with Gasteiger partial charge in [-0.15, -0.1) is 0 Å². The molecule has 7 nitrogen and oxygen atoms in total. The van der Waals surface area contributed by atoms with Gasteiger partial charge in [0.15, 0.2) is 0 Å². The van der Waals surface area contributed by atoms with Gasteiger partial charge in [0, 0.05) is 39.8 Å². The van der Waals surface area contributed by atoms with Crippen molar-refractivity contribution in [1.29, 1.82) is 0 Å². The summed E-state index contributed by atoms with van der Waals surface area (Å²) in [5.41, 5.74) is 1.72. The second-order valence-corrected chi connectivity index (χ2v) is 7.46. The molecule has 2 heterocycles. The van der Waals surface area contributed by atoms with Gasteiger partial charge >= 0.3 is 5.97 Å². The lowest BCUT2D eigenvalue weighted by Gasteiger charge is -2.35. The van der Waals surface area contributed by atoms with E-state index in [1.165, 1.54) is 12.7 Å². The zero-order chi connectivity index (χ0) is 20.8. The average Bonchev–Trinajstić information content (AvgIpc) is 3.09. The summed E-state index contributed by atoms with van der Waals surface area (Å²) in [4.78, 5) is 30.5. The summed E-state index contributed by atoms with van der Waals surface area (Å²) in [6.45, 7) is 7.02. The maximum absolute atomic E-state index is 12.6. The highest BCUT2D eigenvalue weighted by Crippen LogP contribution is 2.17. The fraction of sp³-hybridized carbons (Fsp3) is 0.455. The van der Waals surface area contributed by atoms with E-state index in [0.29, 0.717) is 30.2 Å². The van der Waals surface area contributed by atoms with Crippen LogP contribution in [-0.2, 0) is 22.6 Å². The third-order valence-corrected chi connectivity index (χ3v) is 5.27. The number of benzene rings is 1. The van der Waals surface area contributed by atoms with E-state index < -0.39 is 5.97 Å². The fourth-order valence-electron chi connectivity index (χ4n) is 3.52. The molecule has 0 N–H and O–H groups in total. The lowest BCUT2D eigenvalue weighted by atomic mass is 10.2. The Bertz CT molecular complexity index is 826. The number of carbonyl (C=O) groups excluding carboxylic acids is 2. The first-order valence-corrected chi connectivity index (χ1v) is 9.86. The number of amides is 1. The van der Waals surface area contributed by atoms with Gasteiger partial charge in [-0.05, 0) is 18.6 Å². The van der Waals surface area contributed by atoms with E-state index in [1.807, 2.05) is 6.07 Å². The molecule has 156 valence electrons. The molecule has 0 unspecified atom stereocenters. The van der Waals surface area contributed by atoms with Gasteiger partial charge in [-0.25, -0.2) is 4.79 Å². The maximum atomic E-state index is 12.6. The second kappa shape index (κ2) is 9.71. The van der Waals surface area contributed by atoms with Gasteiger partial charge in [0.25, 0.3) is 0 Å². The third-order valence-electron chi connectivity index (χ3n) is 5.27. The van der Waals surface area contributed by atoms with Crippen LogP contribution in [0.1, 0.15) is 27.4 Å². The highest BCUT2D eigenvalue weighted by molar-refractivity contribution is 5.90. The molecule has 29 heavy (non-hydrogen) atoms. The van der Waals surface area contributed by atoms with E-state index in [4.69, 9.17) is 9.15 Å². The van der Waals surface area contributed by atoms with E-state index in [-0.39, 0.29) is 5.91 Å². The minimum absolute atomic E-state index is 0.0372. The van der Waals surface area contributed by atoms with Gasteiger partial charge in [-0.3, -0.25) is 14.6 Å². The van der Waals surface area contributed by atoms with Gasteiger partial charge in [-0.2, -0.15) is 0 Å². The van der Waals surface area contributed by atoms with Crippen molar-refractivity contribution in [3.8, 4) is 0 Å². The average molecular weight is 399 g/mol. The Kier molecular flexibility index (Phi) is 7.06. The number of hydrogen-bond donors (Lipinski definition) is 0. The number of methoxy groups -OCH3 is 1. The summed E-state index contributed by atoms with van der Waals surface area (Å²) in [6, 6.07) is 12.1. The zero-order valence-electron chi connectivity index (χ0n) is 17.4. The predicted molar refractivity (Wildman–Crippen MR) is 109 cm³/mol. The molecule has 0 spiro atoms. The highest BCUT2D eigenvalue weighted by atomic mass is 16.5. The Morgan fingerprint density at radius 1 is 1.10 bits per heavy atom. The Labute approximate surface area is 171 Å². The summed E-state index contributed by atoms with van der Waals surface area (Å²) in [5, 5.41) is 0. The first-order valence-electron chi connectivity index (χ1n) is 9.86. The van der Waals surface area contributed by atoms with Gasteiger partial charge in [0.2, 0.25) is 5.91 Å². The van der Waals surface area contributed by atoms with Crippen LogP contribution in [-0.4, -0.2) is 73.5 Å². The fourth-order valence-corrected chi connectivity index (χ4v) is 3.52. The van der Waals surface area contributed by atoms with Crippen LogP contribution in [0.5, 0.6) is 0 Å². The molecule has 0 aliphatic carbocycles. The molecule has 0 saturated carbocycles. The van der Waals surface area contributed by atoms with E-state index in [9.17, 15) is 9.59 Å². The Balaban J connectivity index is 1.45. The number of piperazine rings is 1. The van der Waals surface area contributed by atoms with Crippen molar-refractivity contribution in [3.05, 3.63) is 59.0 Å². The van der Waals surface area contributed by atoms with Crippen LogP contribution in [0.15, 0.2) is 40.8 Å². The lowest BCUT2D eigenvalue weighted by Crippen LogP contribution is -2.49. The topological polar surface area (TPSA) is 66.2 Å². The van der Waals surface area contributed by atoms with Crippen molar-refractivity contribution in [2.24, 2.45) is 0 Å². The van der Waals surface area contributed by atoms with Crippen molar-refractivity contribution in [1.82, 2.24) is 14.7 Å². The summed E-state index contributed by atoms with van der Waals surface area (Å²) in [5.74, 6) is 0.684. The molecule has 7 heteroatoms. The third kappa shape index (κ3) is 5.68. The van der Waals surface area contributed by atoms with Crippen molar-refractivity contribution in [2.75, 3.05) is 46.9 Å². The number of aryl methyl sites for hydroxylation is 1. The number of likely N-dealkylation sites (N-methyl/N-ethyl adjacent to an activating group) is 1. The van der Waals surface area contributed by atoms with Crippen LogP contribution in [0.3, 0.4) is 0 Å². The Hall–Kier alpha value is -2.64. The van der Waals surface area contributed by atoms with Crippen LogP contribution in [0.4, 0.5) is 0 Å². The zero-order valence-corrected chi connectivity index (χ0v) is 17.4. The smallest absolute Gasteiger partial charge is 0.341 e. The standard InChI is InChI=1S/C22H29N3O4/c1-17-20(22(27)28-3)13-19(29-17)15-23(2)21(26)16-25-11-9-24(10-12-25)14-18-7-5-4-6-8-18/h4-8,13H,9-12,14-16H2,1-3H3. The minimum Gasteiger partial charge on any atom is -0.465 e. The molecule has 3 rings (SSSR count). The lowest BCUT2D eigenvalue weighted by molar-refractivity contribution is -0.132. The molecule has 1 fully saturated rings. The molecule has 0 atom stereocenters. The molecule has 1 aromatic carbocycles. The predicted octanol–water partition coefficient (Wildman–Crippen LogP) is 2.15. The van der Waals surface area contributed by atoms with Crippen molar-refractivity contribution < 1.29 is 18.7 Å². The normalized spacial score (nSPS) is 15.3. The van der Waals surface area contributed by atoms with E-state index >= 15 is 0 Å². The Morgan fingerprint density at radius 2 is 1.76 bits per heavy atom.